The first-order chi connectivity index (χ1) is 11.2. The van der Waals surface area contributed by atoms with Crippen molar-refractivity contribution in [3.63, 3.8) is 0 Å². The molecule has 2 rings (SSSR count). The Morgan fingerprint density at radius 1 is 1.33 bits per heavy atom. The first kappa shape index (κ1) is 17.7. The van der Waals surface area contributed by atoms with E-state index in [0.717, 1.165) is 6.07 Å². The fraction of sp³-hybridized carbons (Fsp3) is 0.385. The number of ether oxygens (including phenoxy) is 1. The first-order valence-corrected chi connectivity index (χ1v) is 8.68. The first-order valence-electron chi connectivity index (χ1n) is 6.86. The number of hydrogen-bond acceptors (Lipinski definition) is 7. The van der Waals surface area contributed by atoms with Gasteiger partial charge in [0.25, 0.3) is 5.91 Å². The minimum Gasteiger partial charge on any atom is -0.490 e. The molecule has 1 saturated heterocycles. The number of nitro benzene ring substituents is 1. The van der Waals surface area contributed by atoms with Crippen molar-refractivity contribution in [3.05, 3.63) is 33.9 Å². The molecule has 1 aliphatic heterocycles. The molecule has 1 heterocycles. The molecule has 1 aliphatic rings. The van der Waals surface area contributed by atoms with Gasteiger partial charge in [0.15, 0.2) is 15.6 Å². The van der Waals surface area contributed by atoms with Crippen LogP contribution in [0.5, 0.6) is 5.75 Å². The number of hydrogen-bond donors (Lipinski definition) is 2. The van der Waals surface area contributed by atoms with Gasteiger partial charge in [0.05, 0.1) is 29.5 Å². The predicted molar refractivity (Wildman–Crippen MR) is 82.0 cm³/mol. The summed E-state index contributed by atoms with van der Waals surface area (Å²) >= 11 is 0. The second kappa shape index (κ2) is 6.83. The standard InChI is InChI=1S/C13H15N3O7S/c1-23-11-3-2-8(6-10(11)16(19)20)12(17)14-15-13(18)9-4-5-24(21,22)7-9/h2-3,6,9H,4-5,7H2,1H3,(H,14,17)(H,15,18). The zero-order valence-electron chi connectivity index (χ0n) is 12.6. The van der Waals surface area contributed by atoms with E-state index in [4.69, 9.17) is 4.74 Å². The number of amides is 2. The lowest BCUT2D eigenvalue weighted by molar-refractivity contribution is -0.385. The molecule has 1 fully saturated rings. The normalized spacial score (nSPS) is 18.6. The summed E-state index contributed by atoms with van der Waals surface area (Å²) in [6, 6.07) is 3.58. The van der Waals surface area contributed by atoms with Gasteiger partial charge >= 0.3 is 5.69 Å². The van der Waals surface area contributed by atoms with Crippen molar-refractivity contribution < 1.29 is 27.7 Å². The van der Waals surface area contributed by atoms with E-state index in [0.29, 0.717) is 0 Å². The van der Waals surface area contributed by atoms with E-state index in [-0.39, 0.29) is 29.2 Å². The van der Waals surface area contributed by atoms with Crippen molar-refractivity contribution in [1.29, 1.82) is 0 Å². The highest BCUT2D eigenvalue weighted by Gasteiger charge is 2.33. The topological polar surface area (TPSA) is 145 Å². The molecule has 2 amide bonds. The van der Waals surface area contributed by atoms with Crippen LogP contribution < -0.4 is 15.6 Å². The van der Waals surface area contributed by atoms with Gasteiger partial charge in [0, 0.05) is 11.6 Å². The average Bonchev–Trinajstić information content (AvgIpc) is 2.91. The molecule has 10 nitrogen and oxygen atoms in total. The van der Waals surface area contributed by atoms with Gasteiger partial charge in [-0.1, -0.05) is 0 Å². The second-order valence-electron chi connectivity index (χ2n) is 5.19. The van der Waals surface area contributed by atoms with E-state index in [1.165, 1.54) is 19.2 Å². The van der Waals surface area contributed by atoms with Gasteiger partial charge in [-0.05, 0) is 18.6 Å². The van der Waals surface area contributed by atoms with Crippen molar-refractivity contribution in [3.8, 4) is 5.75 Å². The van der Waals surface area contributed by atoms with E-state index in [1.807, 2.05) is 0 Å². The molecule has 130 valence electrons. The van der Waals surface area contributed by atoms with Crippen LogP contribution in [-0.4, -0.2) is 43.8 Å². The van der Waals surface area contributed by atoms with Gasteiger partial charge in [0.1, 0.15) is 0 Å². The number of carbonyl (C=O) groups is 2. The lowest BCUT2D eigenvalue weighted by atomic mass is 10.1. The van der Waals surface area contributed by atoms with E-state index in [9.17, 15) is 28.1 Å². The lowest BCUT2D eigenvalue weighted by Crippen LogP contribution is -2.44. The Hall–Kier alpha value is -2.69. The fourth-order valence-corrected chi connectivity index (χ4v) is 4.01. The van der Waals surface area contributed by atoms with Crippen LogP contribution in [0, 0.1) is 16.0 Å². The van der Waals surface area contributed by atoms with Gasteiger partial charge in [0.2, 0.25) is 5.91 Å². The third-order valence-corrected chi connectivity index (χ3v) is 5.31. The van der Waals surface area contributed by atoms with Crippen LogP contribution in [0.4, 0.5) is 5.69 Å². The van der Waals surface area contributed by atoms with Crippen LogP contribution in [0.1, 0.15) is 16.8 Å². The maximum atomic E-state index is 12.0. The molecule has 1 aromatic carbocycles. The van der Waals surface area contributed by atoms with Gasteiger partial charge in [-0.15, -0.1) is 0 Å². The van der Waals surface area contributed by atoms with Gasteiger partial charge in [-0.25, -0.2) is 8.42 Å². The van der Waals surface area contributed by atoms with Gasteiger partial charge < -0.3 is 4.74 Å². The van der Waals surface area contributed by atoms with Crippen molar-refractivity contribution in [2.75, 3.05) is 18.6 Å². The summed E-state index contributed by atoms with van der Waals surface area (Å²) < 4.78 is 27.5. The molecular weight excluding hydrogens is 342 g/mol. The molecule has 1 aromatic rings. The quantitative estimate of drug-likeness (QED) is 0.560. The van der Waals surface area contributed by atoms with Crippen molar-refractivity contribution in [2.24, 2.45) is 5.92 Å². The van der Waals surface area contributed by atoms with Gasteiger partial charge in [-0.3, -0.25) is 30.6 Å². The van der Waals surface area contributed by atoms with E-state index >= 15 is 0 Å². The van der Waals surface area contributed by atoms with Crippen LogP contribution in [0.15, 0.2) is 18.2 Å². The molecule has 0 spiro atoms. The Bertz CT molecular complexity index is 791. The van der Waals surface area contributed by atoms with Crippen LogP contribution in [-0.2, 0) is 14.6 Å². The van der Waals surface area contributed by atoms with E-state index in [2.05, 4.69) is 10.9 Å². The Kier molecular flexibility index (Phi) is 5.02. The highest BCUT2D eigenvalue weighted by Crippen LogP contribution is 2.27. The molecule has 2 N–H and O–H groups in total. The third kappa shape index (κ3) is 3.98. The molecule has 1 atom stereocenters. The van der Waals surface area contributed by atoms with E-state index in [1.54, 1.807) is 0 Å². The summed E-state index contributed by atoms with van der Waals surface area (Å²) in [5, 5.41) is 10.9. The Morgan fingerprint density at radius 3 is 2.58 bits per heavy atom. The van der Waals surface area contributed by atoms with E-state index < -0.39 is 38.2 Å². The Morgan fingerprint density at radius 2 is 2.04 bits per heavy atom. The maximum absolute atomic E-state index is 12.0. The zero-order chi connectivity index (χ0) is 17.9. The summed E-state index contributed by atoms with van der Waals surface area (Å²) in [5.41, 5.74) is 3.80. The minimum atomic E-state index is -3.22. The Labute approximate surface area is 137 Å². The number of nitrogens with zero attached hydrogens (tertiary/aromatic N) is 1. The number of carbonyl (C=O) groups excluding carboxylic acids is 2. The number of nitro groups is 1. The molecule has 0 saturated carbocycles. The van der Waals surface area contributed by atoms with Crippen molar-refractivity contribution >= 4 is 27.3 Å². The Balaban J connectivity index is 2.01. The maximum Gasteiger partial charge on any atom is 0.311 e. The summed E-state index contributed by atoms with van der Waals surface area (Å²) in [6.45, 7) is 0. The zero-order valence-corrected chi connectivity index (χ0v) is 13.5. The van der Waals surface area contributed by atoms with Gasteiger partial charge in [-0.2, -0.15) is 0 Å². The van der Waals surface area contributed by atoms with Crippen LogP contribution >= 0.6 is 0 Å². The highest BCUT2D eigenvalue weighted by molar-refractivity contribution is 7.91. The van der Waals surface area contributed by atoms with Crippen LogP contribution in [0.3, 0.4) is 0 Å². The molecule has 24 heavy (non-hydrogen) atoms. The van der Waals surface area contributed by atoms with Crippen LogP contribution in [0.2, 0.25) is 0 Å². The summed E-state index contributed by atoms with van der Waals surface area (Å²) in [5.74, 6) is -2.44. The predicted octanol–water partition coefficient (Wildman–Crippen LogP) is -0.201. The average molecular weight is 357 g/mol. The number of rotatable bonds is 4. The third-order valence-electron chi connectivity index (χ3n) is 3.54. The van der Waals surface area contributed by atoms with Crippen LogP contribution in [0.25, 0.3) is 0 Å². The molecule has 0 radical (unpaired) electrons. The number of hydrazine groups is 1. The van der Waals surface area contributed by atoms with Crippen molar-refractivity contribution in [1.82, 2.24) is 10.9 Å². The SMILES string of the molecule is COc1ccc(C(=O)NNC(=O)C2CCS(=O)(=O)C2)cc1[N+](=O)[O-]. The fourth-order valence-electron chi connectivity index (χ4n) is 2.27. The monoisotopic (exact) mass is 357 g/mol. The lowest BCUT2D eigenvalue weighted by Gasteiger charge is -2.11. The largest absolute Gasteiger partial charge is 0.490 e. The molecule has 1 unspecified atom stereocenters. The number of methoxy groups -OCH3 is 1. The summed E-state index contributed by atoms with van der Waals surface area (Å²) in [6.07, 6.45) is 0.193. The second-order valence-corrected chi connectivity index (χ2v) is 7.42. The number of sulfone groups is 1. The summed E-state index contributed by atoms with van der Waals surface area (Å²) in [7, 11) is -1.95. The smallest absolute Gasteiger partial charge is 0.311 e. The molecular formula is C13H15N3O7S. The molecule has 0 aliphatic carbocycles. The molecule has 0 aromatic heterocycles. The van der Waals surface area contributed by atoms with Crippen molar-refractivity contribution in [2.45, 2.75) is 6.42 Å². The molecule has 0 bridgehead atoms. The number of nitrogens with one attached hydrogen (secondary N) is 2. The molecule has 11 heteroatoms. The number of benzene rings is 1. The highest BCUT2D eigenvalue weighted by atomic mass is 32.2. The summed E-state index contributed by atoms with van der Waals surface area (Å²) in [4.78, 5) is 34.0. The minimum absolute atomic E-state index is 0.00301.